The number of rotatable bonds is 3. The fourth-order valence-corrected chi connectivity index (χ4v) is 1.13. The molecule has 1 saturated heterocycles. The molecule has 0 aliphatic carbocycles. The minimum atomic E-state index is -0.398. The zero-order valence-electron chi connectivity index (χ0n) is 7.42. The molecule has 0 bridgehead atoms. The van der Waals surface area contributed by atoms with Crippen LogP contribution in [0.4, 0.5) is 5.69 Å². The van der Waals surface area contributed by atoms with Gasteiger partial charge in [-0.2, -0.15) is 0 Å². The lowest BCUT2D eigenvalue weighted by Gasteiger charge is -1.93. The van der Waals surface area contributed by atoms with E-state index < -0.39 is 4.92 Å². The van der Waals surface area contributed by atoms with Gasteiger partial charge in [0.25, 0.3) is 5.69 Å². The van der Waals surface area contributed by atoms with Crippen molar-refractivity contribution in [2.24, 2.45) is 0 Å². The van der Waals surface area contributed by atoms with Gasteiger partial charge in [-0.25, -0.2) is 0 Å². The summed E-state index contributed by atoms with van der Waals surface area (Å²) < 4.78 is 4.99. The van der Waals surface area contributed by atoms with Gasteiger partial charge in [-0.3, -0.25) is 10.1 Å². The molecule has 2 rings (SSSR count). The zero-order chi connectivity index (χ0) is 9.97. The van der Waals surface area contributed by atoms with Gasteiger partial charge >= 0.3 is 0 Å². The van der Waals surface area contributed by atoms with Gasteiger partial charge in [0.1, 0.15) is 0 Å². The molecule has 72 valence electrons. The van der Waals surface area contributed by atoms with Crippen molar-refractivity contribution in [2.45, 2.75) is 6.10 Å². The van der Waals surface area contributed by atoms with Crippen LogP contribution in [0.2, 0.25) is 0 Å². The van der Waals surface area contributed by atoms with Gasteiger partial charge in [-0.1, -0.05) is 24.3 Å². The molecule has 1 aliphatic rings. The van der Waals surface area contributed by atoms with Gasteiger partial charge in [-0.05, 0) is 5.56 Å². The highest BCUT2D eigenvalue weighted by molar-refractivity contribution is 5.54. The summed E-state index contributed by atoms with van der Waals surface area (Å²) in [4.78, 5) is 10.1. The van der Waals surface area contributed by atoms with Gasteiger partial charge in [0.2, 0.25) is 0 Å². The maximum absolute atomic E-state index is 10.5. The molecule has 1 heterocycles. The third kappa shape index (κ3) is 2.17. The summed E-state index contributed by atoms with van der Waals surface area (Å²) in [6, 6.07) is 6.52. The fourth-order valence-electron chi connectivity index (χ4n) is 1.13. The first-order valence-electron chi connectivity index (χ1n) is 4.30. The highest BCUT2D eigenvalue weighted by Crippen LogP contribution is 2.16. The van der Waals surface area contributed by atoms with Crippen molar-refractivity contribution >= 4 is 11.8 Å². The molecule has 0 radical (unpaired) electrons. The lowest BCUT2D eigenvalue weighted by molar-refractivity contribution is -0.384. The molecule has 0 amide bonds. The Bertz CT molecular complexity index is 383. The second-order valence-corrected chi connectivity index (χ2v) is 3.08. The summed E-state index contributed by atoms with van der Waals surface area (Å²) in [6.07, 6.45) is 3.94. The van der Waals surface area contributed by atoms with Crippen LogP contribution in [0.5, 0.6) is 0 Å². The molecule has 0 N–H and O–H groups in total. The van der Waals surface area contributed by atoms with Crippen molar-refractivity contribution < 1.29 is 9.66 Å². The molecule has 0 spiro atoms. The van der Waals surface area contributed by atoms with Crippen LogP contribution in [0.15, 0.2) is 30.3 Å². The number of nitro benzene ring substituents is 1. The van der Waals surface area contributed by atoms with Gasteiger partial charge in [0, 0.05) is 12.1 Å². The second-order valence-electron chi connectivity index (χ2n) is 3.08. The Morgan fingerprint density at radius 1 is 1.57 bits per heavy atom. The first-order valence-corrected chi connectivity index (χ1v) is 4.30. The molecular formula is C10H9NO3. The predicted molar refractivity (Wildman–Crippen MR) is 51.9 cm³/mol. The summed E-state index contributed by atoms with van der Waals surface area (Å²) in [5.74, 6) is 0. The first kappa shape index (κ1) is 8.90. The number of hydrogen-bond donors (Lipinski definition) is 0. The van der Waals surface area contributed by atoms with Gasteiger partial charge in [-0.15, -0.1) is 0 Å². The lowest BCUT2D eigenvalue weighted by atomic mass is 10.2. The van der Waals surface area contributed by atoms with E-state index >= 15 is 0 Å². The first-order chi connectivity index (χ1) is 6.75. The largest absolute Gasteiger partial charge is 0.369 e. The molecule has 0 saturated carbocycles. The fraction of sp³-hybridized carbons (Fsp3) is 0.200. The molecule has 1 aromatic carbocycles. The molecule has 1 atom stereocenters. The monoisotopic (exact) mass is 191 g/mol. The number of epoxide rings is 1. The third-order valence-corrected chi connectivity index (χ3v) is 1.94. The Morgan fingerprint density at radius 3 is 3.00 bits per heavy atom. The molecule has 14 heavy (non-hydrogen) atoms. The molecular weight excluding hydrogens is 182 g/mol. The Balaban J connectivity index is 2.16. The van der Waals surface area contributed by atoms with Crippen LogP contribution in [0.1, 0.15) is 5.56 Å². The normalized spacial score (nSPS) is 19.9. The summed E-state index contributed by atoms with van der Waals surface area (Å²) >= 11 is 0. The van der Waals surface area contributed by atoms with Crippen LogP contribution in [-0.2, 0) is 4.74 Å². The van der Waals surface area contributed by atoms with Crippen molar-refractivity contribution in [3.63, 3.8) is 0 Å². The number of non-ortho nitro benzene ring substituents is 1. The summed E-state index contributed by atoms with van der Waals surface area (Å²) in [6.45, 7) is 0.755. The lowest BCUT2D eigenvalue weighted by Crippen LogP contribution is -1.87. The quantitative estimate of drug-likeness (QED) is 0.417. The summed E-state index contributed by atoms with van der Waals surface area (Å²) in [5.41, 5.74) is 0.943. The van der Waals surface area contributed by atoms with Crippen LogP contribution in [0.25, 0.3) is 6.08 Å². The standard InChI is InChI=1S/C10H9NO3/c12-11(13)9-3-1-2-8(6-9)4-5-10-7-14-10/h1-6,10H,7H2/b5-4+. The average Bonchev–Trinajstić information content (AvgIpc) is 2.99. The van der Waals surface area contributed by atoms with Gasteiger partial charge < -0.3 is 4.74 Å². The maximum Gasteiger partial charge on any atom is 0.270 e. The van der Waals surface area contributed by atoms with Crippen molar-refractivity contribution in [3.05, 3.63) is 46.0 Å². The van der Waals surface area contributed by atoms with E-state index in [-0.39, 0.29) is 11.8 Å². The molecule has 4 heteroatoms. The second kappa shape index (κ2) is 3.59. The number of nitrogens with zero attached hydrogens (tertiary/aromatic N) is 1. The van der Waals surface area contributed by atoms with Gasteiger partial charge in [0.15, 0.2) is 0 Å². The van der Waals surface area contributed by atoms with Crippen molar-refractivity contribution in [3.8, 4) is 0 Å². The number of ether oxygens (including phenoxy) is 1. The predicted octanol–water partition coefficient (Wildman–Crippen LogP) is 2.01. The van der Waals surface area contributed by atoms with E-state index in [0.29, 0.717) is 0 Å². The molecule has 0 aromatic heterocycles. The minimum Gasteiger partial charge on any atom is -0.369 e. The number of benzene rings is 1. The van der Waals surface area contributed by atoms with E-state index in [4.69, 9.17) is 4.74 Å². The van der Waals surface area contributed by atoms with E-state index in [0.717, 1.165) is 12.2 Å². The van der Waals surface area contributed by atoms with E-state index in [1.54, 1.807) is 12.1 Å². The Kier molecular flexibility index (Phi) is 2.28. The summed E-state index contributed by atoms with van der Waals surface area (Å²) in [7, 11) is 0. The van der Waals surface area contributed by atoms with Crippen LogP contribution in [0.3, 0.4) is 0 Å². The molecule has 1 aromatic rings. The zero-order valence-corrected chi connectivity index (χ0v) is 7.42. The minimum absolute atomic E-state index is 0.115. The highest BCUT2D eigenvalue weighted by atomic mass is 16.6. The Hall–Kier alpha value is -1.68. The van der Waals surface area contributed by atoms with E-state index in [2.05, 4.69) is 0 Å². The SMILES string of the molecule is O=[N+]([O-])c1cccc(/C=C/C2CO2)c1. The van der Waals surface area contributed by atoms with E-state index in [1.165, 1.54) is 6.07 Å². The van der Waals surface area contributed by atoms with Crippen molar-refractivity contribution in [1.82, 2.24) is 0 Å². The van der Waals surface area contributed by atoms with Crippen molar-refractivity contribution in [1.29, 1.82) is 0 Å². The molecule has 1 aliphatic heterocycles. The molecule has 1 fully saturated rings. The Morgan fingerprint density at radius 2 is 2.36 bits per heavy atom. The van der Waals surface area contributed by atoms with Crippen LogP contribution in [0, 0.1) is 10.1 Å². The maximum atomic E-state index is 10.5. The average molecular weight is 191 g/mol. The van der Waals surface area contributed by atoms with E-state index in [9.17, 15) is 10.1 Å². The molecule has 4 nitrogen and oxygen atoms in total. The van der Waals surface area contributed by atoms with Gasteiger partial charge in [0.05, 0.1) is 17.6 Å². The van der Waals surface area contributed by atoms with Crippen LogP contribution in [-0.4, -0.2) is 17.6 Å². The highest BCUT2D eigenvalue weighted by Gasteiger charge is 2.17. The molecule has 1 unspecified atom stereocenters. The Labute approximate surface area is 81.0 Å². The van der Waals surface area contributed by atoms with Crippen LogP contribution < -0.4 is 0 Å². The topological polar surface area (TPSA) is 55.7 Å². The third-order valence-electron chi connectivity index (χ3n) is 1.94. The van der Waals surface area contributed by atoms with Crippen LogP contribution >= 0.6 is 0 Å². The summed E-state index contributed by atoms with van der Waals surface area (Å²) in [5, 5.41) is 10.5. The number of hydrogen-bond acceptors (Lipinski definition) is 3. The van der Waals surface area contributed by atoms with E-state index in [1.807, 2.05) is 18.2 Å². The van der Waals surface area contributed by atoms with Crippen molar-refractivity contribution in [2.75, 3.05) is 6.61 Å². The smallest absolute Gasteiger partial charge is 0.270 e. The number of nitro groups is 1.